The van der Waals surface area contributed by atoms with Gasteiger partial charge in [0.15, 0.2) is 5.11 Å². The number of aryl methyl sites for hydroxylation is 2. The summed E-state index contributed by atoms with van der Waals surface area (Å²) in [4.78, 5) is 0. The molecule has 0 aliphatic carbocycles. The SMILES string of the molecule is CCCOc1ccc(/C=N/NC(=S)Nc2cc(C)ccc2C)c(OCCC)c1. The Labute approximate surface area is 173 Å². The van der Waals surface area contributed by atoms with Gasteiger partial charge in [0.1, 0.15) is 11.5 Å². The van der Waals surface area contributed by atoms with Crippen LogP contribution in [0.5, 0.6) is 11.5 Å². The van der Waals surface area contributed by atoms with E-state index in [2.05, 4.69) is 47.9 Å². The Morgan fingerprint density at radius 2 is 1.79 bits per heavy atom. The number of nitrogens with zero attached hydrogens (tertiary/aromatic N) is 1. The highest BCUT2D eigenvalue weighted by molar-refractivity contribution is 7.80. The van der Waals surface area contributed by atoms with E-state index in [1.807, 2.05) is 32.0 Å². The van der Waals surface area contributed by atoms with Crippen LogP contribution >= 0.6 is 12.2 Å². The smallest absolute Gasteiger partial charge is 0.191 e. The van der Waals surface area contributed by atoms with Crippen LogP contribution in [-0.4, -0.2) is 24.5 Å². The largest absolute Gasteiger partial charge is 0.493 e. The molecule has 0 saturated carbocycles. The van der Waals surface area contributed by atoms with Crippen molar-refractivity contribution in [3.63, 3.8) is 0 Å². The molecule has 0 radical (unpaired) electrons. The second kappa shape index (κ2) is 11.3. The summed E-state index contributed by atoms with van der Waals surface area (Å²) in [6.45, 7) is 9.55. The van der Waals surface area contributed by atoms with Gasteiger partial charge in [-0.3, -0.25) is 5.43 Å². The summed E-state index contributed by atoms with van der Waals surface area (Å²) < 4.78 is 11.5. The Morgan fingerprint density at radius 3 is 2.54 bits per heavy atom. The predicted molar refractivity (Wildman–Crippen MR) is 121 cm³/mol. The van der Waals surface area contributed by atoms with Crippen LogP contribution in [0.4, 0.5) is 5.69 Å². The van der Waals surface area contributed by atoms with E-state index in [1.165, 1.54) is 5.56 Å². The minimum atomic E-state index is 0.434. The maximum absolute atomic E-state index is 5.84. The molecule has 2 aromatic rings. The lowest BCUT2D eigenvalue weighted by Gasteiger charge is -2.12. The predicted octanol–water partition coefficient (Wildman–Crippen LogP) is 5.20. The first-order valence-electron chi connectivity index (χ1n) is 9.60. The number of hydrogen-bond acceptors (Lipinski definition) is 4. The fraction of sp³-hybridized carbons (Fsp3) is 0.364. The van der Waals surface area contributed by atoms with E-state index in [0.29, 0.717) is 18.3 Å². The number of ether oxygens (including phenoxy) is 2. The van der Waals surface area contributed by atoms with Crippen molar-refractivity contribution in [2.75, 3.05) is 18.5 Å². The third kappa shape index (κ3) is 6.85. The molecule has 0 aliphatic rings. The van der Waals surface area contributed by atoms with Crippen LogP contribution in [0.3, 0.4) is 0 Å². The van der Waals surface area contributed by atoms with Crippen molar-refractivity contribution in [2.24, 2.45) is 5.10 Å². The average Bonchev–Trinajstić information content (AvgIpc) is 2.68. The van der Waals surface area contributed by atoms with E-state index in [-0.39, 0.29) is 0 Å². The fourth-order valence-electron chi connectivity index (χ4n) is 2.45. The summed E-state index contributed by atoms with van der Waals surface area (Å²) in [6, 6.07) is 11.9. The monoisotopic (exact) mass is 399 g/mol. The number of anilines is 1. The molecule has 6 heteroatoms. The highest BCUT2D eigenvalue weighted by Crippen LogP contribution is 2.24. The summed E-state index contributed by atoms with van der Waals surface area (Å²) >= 11 is 5.34. The summed E-state index contributed by atoms with van der Waals surface area (Å²) in [5.41, 5.74) is 6.98. The zero-order chi connectivity index (χ0) is 20.4. The first-order valence-corrected chi connectivity index (χ1v) is 10.0. The summed E-state index contributed by atoms with van der Waals surface area (Å²) in [6.07, 6.45) is 3.59. The Balaban J connectivity index is 2.03. The second-order valence-corrected chi connectivity index (χ2v) is 6.95. The van der Waals surface area contributed by atoms with E-state index in [1.54, 1.807) is 6.21 Å². The van der Waals surface area contributed by atoms with Crippen molar-refractivity contribution in [3.05, 3.63) is 53.1 Å². The second-order valence-electron chi connectivity index (χ2n) is 6.54. The van der Waals surface area contributed by atoms with Crippen LogP contribution in [0.2, 0.25) is 0 Å². The van der Waals surface area contributed by atoms with Gasteiger partial charge in [-0.25, -0.2) is 0 Å². The number of benzene rings is 2. The van der Waals surface area contributed by atoms with E-state index >= 15 is 0 Å². The van der Waals surface area contributed by atoms with Gasteiger partial charge < -0.3 is 14.8 Å². The van der Waals surface area contributed by atoms with Crippen molar-refractivity contribution in [3.8, 4) is 11.5 Å². The van der Waals surface area contributed by atoms with Gasteiger partial charge in [-0.15, -0.1) is 0 Å². The molecule has 2 N–H and O–H groups in total. The molecule has 0 saturated heterocycles. The van der Waals surface area contributed by atoms with Crippen LogP contribution in [0.25, 0.3) is 0 Å². The van der Waals surface area contributed by atoms with Gasteiger partial charge in [0.25, 0.3) is 0 Å². The van der Waals surface area contributed by atoms with E-state index < -0.39 is 0 Å². The zero-order valence-electron chi connectivity index (χ0n) is 17.0. The molecule has 5 nitrogen and oxygen atoms in total. The van der Waals surface area contributed by atoms with Gasteiger partial charge in [0.2, 0.25) is 0 Å². The first-order chi connectivity index (χ1) is 13.5. The van der Waals surface area contributed by atoms with Crippen molar-refractivity contribution < 1.29 is 9.47 Å². The molecule has 0 unspecified atom stereocenters. The third-order valence-electron chi connectivity index (χ3n) is 3.93. The van der Waals surface area contributed by atoms with Gasteiger partial charge >= 0.3 is 0 Å². The maximum Gasteiger partial charge on any atom is 0.191 e. The normalized spacial score (nSPS) is 10.7. The molecule has 2 rings (SSSR count). The lowest BCUT2D eigenvalue weighted by Crippen LogP contribution is -2.24. The Morgan fingerprint density at radius 1 is 1.04 bits per heavy atom. The lowest BCUT2D eigenvalue weighted by atomic mass is 10.1. The van der Waals surface area contributed by atoms with Gasteiger partial charge in [-0.2, -0.15) is 5.10 Å². The molecular formula is C22H29N3O2S. The summed E-state index contributed by atoms with van der Waals surface area (Å²) in [5, 5.41) is 7.86. The van der Waals surface area contributed by atoms with Crippen molar-refractivity contribution in [2.45, 2.75) is 40.5 Å². The Hall–Kier alpha value is -2.60. The molecule has 150 valence electrons. The van der Waals surface area contributed by atoms with Crippen molar-refractivity contribution in [1.29, 1.82) is 0 Å². The average molecular weight is 400 g/mol. The topological polar surface area (TPSA) is 54.9 Å². The fourth-order valence-corrected chi connectivity index (χ4v) is 2.61. The minimum Gasteiger partial charge on any atom is -0.493 e. The van der Waals surface area contributed by atoms with Crippen LogP contribution < -0.4 is 20.2 Å². The molecule has 0 bridgehead atoms. The molecule has 0 atom stereocenters. The summed E-state index contributed by atoms with van der Waals surface area (Å²) in [7, 11) is 0. The van der Waals surface area contributed by atoms with Gasteiger partial charge in [0, 0.05) is 17.3 Å². The van der Waals surface area contributed by atoms with Crippen LogP contribution in [0.1, 0.15) is 43.4 Å². The molecule has 28 heavy (non-hydrogen) atoms. The Kier molecular flexibility index (Phi) is 8.75. The van der Waals surface area contributed by atoms with Crippen molar-refractivity contribution >= 4 is 29.2 Å². The molecule has 0 aromatic heterocycles. The Bertz CT molecular complexity index is 821. The van der Waals surface area contributed by atoms with E-state index in [9.17, 15) is 0 Å². The van der Waals surface area contributed by atoms with Gasteiger partial charge in [-0.05, 0) is 68.2 Å². The molecule has 0 fully saturated rings. The van der Waals surface area contributed by atoms with Crippen LogP contribution in [0, 0.1) is 13.8 Å². The number of rotatable bonds is 9. The molecule has 0 amide bonds. The third-order valence-corrected chi connectivity index (χ3v) is 4.12. The zero-order valence-corrected chi connectivity index (χ0v) is 17.9. The highest BCUT2D eigenvalue weighted by atomic mass is 32.1. The lowest BCUT2D eigenvalue weighted by molar-refractivity contribution is 0.301. The molecular weight excluding hydrogens is 370 g/mol. The van der Waals surface area contributed by atoms with Crippen LogP contribution in [0.15, 0.2) is 41.5 Å². The standard InChI is InChI=1S/C22H29N3O2S/c1-5-11-26-19-10-9-18(21(14-19)27-12-6-2)15-23-25-22(28)24-20-13-16(3)7-8-17(20)4/h7-10,13-15H,5-6,11-12H2,1-4H3,(H2,24,25,28)/b23-15+. The van der Waals surface area contributed by atoms with E-state index in [4.69, 9.17) is 21.7 Å². The van der Waals surface area contributed by atoms with Crippen LogP contribution in [-0.2, 0) is 0 Å². The summed E-state index contributed by atoms with van der Waals surface area (Å²) in [5.74, 6) is 1.54. The van der Waals surface area contributed by atoms with Gasteiger partial charge in [-0.1, -0.05) is 26.0 Å². The molecule has 0 heterocycles. The molecule has 2 aromatic carbocycles. The van der Waals surface area contributed by atoms with Gasteiger partial charge in [0.05, 0.1) is 19.4 Å². The van der Waals surface area contributed by atoms with E-state index in [0.717, 1.165) is 41.2 Å². The quantitative estimate of drug-likeness (QED) is 0.345. The number of nitrogens with one attached hydrogen (secondary N) is 2. The first kappa shape index (κ1) is 21.7. The number of thiocarbonyl (C=S) groups is 1. The number of hydrogen-bond donors (Lipinski definition) is 2. The molecule has 0 spiro atoms. The highest BCUT2D eigenvalue weighted by Gasteiger charge is 2.05. The maximum atomic E-state index is 5.84. The van der Waals surface area contributed by atoms with Crippen molar-refractivity contribution in [1.82, 2.24) is 5.43 Å². The minimum absolute atomic E-state index is 0.434. The number of hydrazone groups is 1. The molecule has 0 aliphatic heterocycles.